The van der Waals surface area contributed by atoms with Crippen LogP contribution in [0.3, 0.4) is 0 Å². The number of aromatic nitrogens is 2. The number of hydrogen-bond acceptors (Lipinski definition) is 6. The zero-order valence-electron chi connectivity index (χ0n) is 18.3. The number of carbonyl (C=O) groups excluding carboxylic acids is 1. The summed E-state index contributed by atoms with van der Waals surface area (Å²) in [6, 6.07) is 15.1. The molecule has 0 bridgehead atoms. The molecule has 0 aliphatic carbocycles. The van der Waals surface area contributed by atoms with Crippen molar-refractivity contribution in [1.29, 1.82) is 0 Å². The van der Waals surface area contributed by atoms with Gasteiger partial charge >= 0.3 is 0 Å². The van der Waals surface area contributed by atoms with Crippen LogP contribution in [0.4, 0.5) is 0 Å². The number of benzene rings is 2. The highest BCUT2D eigenvalue weighted by Gasteiger charge is 2.27. The minimum Gasteiger partial charge on any atom is -0.486 e. The van der Waals surface area contributed by atoms with E-state index in [1.807, 2.05) is 13.0 Å². The minimum absolute atomic E-state index is 0.0603. The van der Waals surface area contributed by atoms with E-state index in [1.165, 1.54) is 17.5 Å². The van der Waals surface area contributed by atoms with Gasteiger partial charge in [0.05, 0.1) is 5.56 Å². The first-order valence-corrected chi connectivity index (χ1v) is 11.3. The number of nitrogens with zero attached hydrogens (tertiary/aromatic N) is 3. The molecule has 0 radical (unpaired) electrons. The predicted molar refractivity (Wildman–Crippen MR) is 122 cm³/mol. The zero-order chi connectivity index (χ0) is 21.9. The molecular weight excluding hydrogens is 402 g/mol. The molecule has 32 heavy (non-hydrogen) atoms. The Labute approximate surface area is 188 Å². The van der Waals surface area contributed by atoms with Crippen molar-refractivity contribution in [3.05, 3.63) is 71.5 Å². The Morgan fingerprint density at radius 2 is 1.78 bits per heavy atom. The fraction of sp³-hybridized carbons (Fsp3) is 0.346. The van der Waals surface area contributed by atoms with Crippen molar-refractivity contribution in [2.45, 2.75) is 38.8 Å². The van der Waals surface area contributed by atoms with Gasteiger partial charge in [-0.25, -0.2) is 9.97 Å². The van der Waals surface area contributed by atoms with Crippen molar-refractivity contribution in [3.63, 3.8) is 0 Å². The van der Waals surface area contributed by atoms with E-state index in [2.05, 4.69) is 51.3 Å². The number of carbonyl (C=O) groups is 1. The Morgan fingerprint density at radius 3 is 2.53 bits per heavy atom. The molecular formula is C26H27N3O3. The maximum absolute atomic E-state index is 11.8. The van der Waals surface area contributed by atoms with E-state index in [-0.39, 0.29) is 5.78 Å². The molecule has 0 N–H and O–H groups in total. The molecule has 2 aliphatic rings. The quantitative estimate of drug-likeness (QED) is 0.522. The van der Waals surface area contributed by atoms with Crippen molar-refractivity contribution >= 4 is 5.78 Å². The SMILES string of the molecule is CCC(=O)c1cnc(-c2ccc(CN3CCC[C@H]3c3ccc4c(c3)OCCO4)cc2)nc1. The van der Waals surface area contributed by atoms with Gasteiger partial charge in [0.2, 0.25) is 0 Å². The minimum atomic E-state index is 0.0603. The molecule has 6 heteroatoms. The fourth-order valence-electron chi connectivity index (χ4n) is 4.48. The summed E-state index contributed by atoms with van der Waals surface area (Å²) in [6.45, 7) is 5.04. The number of fused-ring (bicyclic) bond motifs is 1. The largest absolute Gasteiger partial charge is 0.486 e. The molecule has 1 aromatic heterocycles. The third kappa shape index (κ3) is 4.23. The van der Waals surface area contributed by atoms with Crippen LogP contribution in [0.25, 0.3) is 11.4 Å². The van der Waals surface area contributed by atoms with E-state index < -0.39 is 0 Å². The van der Waals surface area contributed by atoms with Crippen LogP contribution in [0.1, 0.15) is 53.7 Å². The van der Waals surface area contributed by atoms with Gasteiger partial charge in [-0.15, -0.1) is 0 Å². The second-order valence-electron chi connectivity index (χ2n) is 8.30. The van der Waals surface area contributed by atoms with Crippen molar-refractivity contribution in [1.82, 2.24) is 14.9 Å². The summed E-state index contributed by atoms with van der Waals surface area (Å²) >= 11 is 0. The van der Waals surface area contributed by atoms with Gasteiger partial charge in [-0.1, -0.05) is 37.3 Å². The first-order valence-electron chi connectivity index (χ1n) is 11.3. The molecule has 164 valence electrons. The fourth-order valence-corrected chi connectivity index (χ4v) is 4.48. The maximum atomic E-state index is 11.8. The smallest absolute Gasteiger partial charge is 0.165 e. The third-order valence-electron chi connectivity index (χ3n) is 6.21. The summed E-state index contributed by atoms with van der Waals surface area (Å²) in [4.78, 5) is 23.0. The summed E-state index contributed by atoms with van der Waals surface area (Å²) < 4.78 is 11.5. The molecule has 6 nitrogen and oxygen atoms in total. The molecule has 3 heterocycles. The van der Waals surface area contributed by atoms with Gasteiger partial charge in [-0.2, -0.15) is 0 Å². The molecule has 1 atom stereocenters. The van der Waals surface area contributed by atoms with Crippen LogP contribution in [0.15, 0.2) is 54.9 Å². The Morgan fingerprint density at radius 1 is 1.03 bits per heavy atom. The number of likely N-dealkylation sites (tertiary alicyclic amines) is 1. The van der Waals surface area contributed by atoms with Gasteiger partial charge in [-0.05, 0) is 42.6 Å². The first-order chi connectivity index (χ1) is 15.7. The van der Waals surface area contributed by atoms with Crippen LogP contribution in [0, 0.1) is 0 Å². The van der Waals surface area contributed by atoms with Gasteiger partial charge in [-0.3, -0.25) is 9.69 Å². The topological polar surface area (TPSA) is 64.6 Å². The average Bonchev–Trinajstić information content (AvgIpc) is 3.32. The van der Waals surface area contributed by atoms with Crippen molar-refractivity contribution in [2.24, 2.45) is 0 Å². The summed E-state index contributed by atoms with van der Waals surface area (Å²) in [6.07, 6.45) is 6.03. The van der Waals surface area contributed by atoms with Gasteiger partial charge in [0.1, 0.15) is 13.2 Å². The molecule has 0 spiro atoms. The monoisotopic (exact) mass is 429 g/mol. The van der Waals surface area contributed by atoms with Crippen molar-refractivity contribution in [3.8, 4) is 22.9 Å². The Hall–Kier alpha value is -3.25. The first kappa shape index (κ1) is 20.6. The lowest BCUT2D eigenvalue weighted by molar-refractivity contribution is 0.0987. The van der Waals surface area contributed by atoms with Crippen LogP contribution in [-0.4, -0.2) is 40.4 Å². The lowest BCUT2D eigenvalue weighted by Gasteiger charge is -2.26. The van der Waals surface area contributed by atoms with Gasteiger partial charge < -0.3 is 9.47 Å². The zero-order valence-corrected chi connectivity index (χ0v) is 18.3. The standard InChI is InChI=1S/C26H27N3O3/c1-2-23(30)21-15-27-26(28-16-21)19-7-5-18(6-8-19)17-29-11-3-4-22(29)20-9-10-24-25(14-20)32-13-12-31-24/h5-10,14-16,22H,2-4,11-13,17H2,1H3/t22-/m0/s1. The number of rotatable bonds is 6. The molecule has 5 rings (SSSR count). The Kier molecular flexibility index (Phi) is 5.86. The van der Waals surface area contributed by atoms with Gasteiger partial charge in [0.15, 0.2) is 23.1 Å². The number of hydrogen-bond donors (Lipinski definition) is 0. The number of Topliss-reactive ketones (excluding diaryl/α,β-unsaturated/α-hetero) is 1. The second-order valence-corrected chi connectivity index (χ2v) is 8.30. The van der Waals surface area contributed by atoms with E-state index in [9.17, 15) is 4.79 Å². The summed E-state index contributed by atoms with van der Waals surface area (Å²) in [7, 11) is 0. The van der Waals surface area contributed by atoms with Crippen molar-refractivity contribution in [2.75, 3.05) is 19.8 Å². The van der Waals surface area contributed by atoms with Crippen molar-refractivity contribution < 1.29 is 14.3 Å². The summed E-state index contributed by atoms with van der Waals surface area (Å²) in [5.41, 5.74) is 4.07. The third-order valence-corrected chi connectivity index (χ3v) is 6.21. The normalized spacial score (nSPS) is 18.0. The van der Waals surface area contributed by atoms with Crippen LogP contribution in [0.5, 0.6) is 11.5 Å². The molecule has 0 unspecified atom stereocenters. The Balaban J connectivity index is 1.28. The molecule has 1 fully saturated rings. The summed E-state index contributed by atoms with van der Waals surface area (Å²) in [5.74, 6) is 2.40. The Bertz CT molecular complexity index is 1100. The van der Waals surface area contributed by atoms with Gasteiger partial charge in [0.25, 0.3) is 0 Å². The molecule has 2 aromatic carbocycles. The average molecular weight is 430 g/mol. The van der Waals surface area contributed by atoms with E-state index in [0.717, 1.165) is 36.6 Å². The molecule has 2 aliphatic heterocycles. The number of ether oxygens (including phenoxy) is 2. The van der Waals surface area contributed by atoms with E-state index in [4.69, 9.17) is 9.47 Å². The van der Waals surface area contributed by atoms with Crippen LogP contribution < -0.4 is 9.47 Å². The van der Waals surface area contributed by atoms with Crippen LogP contribution in [0.2, 0.25) is 0 Å². The lowest BCUT2D eigenvalue weighted by Crippen LogP contribution is -2.23. The van der Waals surface area contributed by atoms with Crippen LogP contribution in [-0.2, 0) is 6.54 Å². The second kappa shape index (κ2) is 9.09. The summed E-state index contributed by atoms with van der Waals surface area (Å²) in [5, 5.41) is 0. The van der Waals surface area contributed by atoms with Crippen LogP contribution >= 0.6 is 0 Å². The highest BCUT2D eigenvalue weighted by Crippen LogP contribution is 2.38. The molecule has 0 amide bonds. The molecule has 0 saturated carbocycles. The van der Waals surface area contributed by atoms with E-state index in [0.29, 0.717) is 37.1 Å². The molecule has 3 aromatic rings. The molecule has 1 saturated heterocycles. The van der Waals surface area contributed by atoms with E-state index in [1.54, 1.807) is 12.4 Å². The highest BCUT2D eigenvalue weighted by molar-refractivity contribution is 5.95. The highest BCUT2D eigenvalue weighted by atomic mass is 16.6. The van der Waals surface area contributed by atoms with Gasteiger partial charge in [0, 0.05) is 37.0 Å². The number of ketones is 1. The lowest BCUT2D eigenvalue weighted by atomic mass is 10.0. The predicted octanol–water partition coefficient (Wildman–Crippen LogP) is 4.84. The van der Waals surface area contributed by atoms with E-state index >= 15 is 0 Å². The maximum Gasteiger partial charge on any atom is 0.165 e.